The Morgan fingerprint density at radius 2 is 2.26 bits per heavy atom. The number of hydrogen-bond acceptors (Lipinski definition) is 4. The molecule has 0 fully saturated rings. The summed E-state index contributed by atoms with van der Waals surface area (Å²) in [4.78, 5) is 16.0. The number of carbonyl (C=O) groups is 1. The second-order valence-corrected chi connectivity index (χ2v) is 4.35. The van der Waals surface area contributed by atoms with Gasteiger partial charge in [0.25, 0.3) is 0 Å². The van der Waals surface area contributed by atoms with E-state index in [2.05, 4.69) is 10.3 Å². The number of ether oxygens (including phenoxy) is 1. The maximum atomic E-state index is 11.7. The van der Waals surface area contributed by atoms with Crippen LogP contribution in [-0.4, -0.2) is 22.6 Å². The van der Waals surface area contributed by atoms with Gasteiger partial charge in [-0.1, -0.05) is 11.6 Å². The SMILES string of the molecule is COC(=O)c1cc(C)ccc1NCc1nccn1C. The first-order valence-corrected chi connectivity index (χ1v) is 6.01. The minimum absolute atomic E-state index is 0.342. The van der Waals surface area contributed by atoms with Gasteiger partial charge in [-0.15, -0.1) is 0 Å². The number of methoxy groups -OCH3 is 1. The lowest BCUT2D eigenvalue weighted by molar-refractivity contribution is 0.0601. The molecule has 0 aliphatic heterocycles. The highest BCUT2D eigenvalue weighted by Crippen LogP contribution is 2.19. The standard InChI is InChI=1S/C14H17N3O2/c1-10-4-5-12(11(8-10)14(18)19-3)16-9-13-15-6-7-17(13)2/h4-8,16H,9H2,1-3H3. The van der Waals surface area contributed by atoms with E-state index >= 15 is 0 Å². The van der Waals surface area contributed by atoms with Gasteiger partial charge in [0.2, 0.25) is 0 Å². The van der Waals surface area contributed by atoms with Crippen molar-refractivity contribution in [3.8, 4) is 0 Å². The number of aryl methyl sites for hydroxylation is 2. The predicted octanol–water partition coefficient (Wildman–Crippen LogP) is 2.13. The Bertz CT molecular complexity index is 590. The van der Waals surface area contributed by atoms with Crippen LogP contribution in [0.15, 0.2) is 30.6 Å². The second-order valence-electron chi connectivity index (χ2n) is 4.35. The molecule has 0 aliphatic rings. The van der Waals surface area contributed by atoms with Crippen LogP contribution >= 0.6 is 0 Å². The number of aromatic nitrogens is 2. The van der Waals surface area contributed by atoms with Crippen LogP contribution in [0.1, 0.15) is 21.7 Å². The molecule has 0 atom stereocenters. The Morgan fingerprint density at radius 1 is 1.47 bits per heavy atom. The topological polar surface area (TPSA) is 56.1 Å². The molecular weight excluding hydrogens is 242 g/mol. The van der Waals surface area contributed by atoms with Crippen molar-refractivity contribution in [1.29, 1.82) is 0 Å². The van der Waals surface area contributed by atoms with Gasteiger partial charge < -0.3 is 14.6 Å². The summed E-state index contributed by atoms with van der Waals surface area (Å²) in [6, 6.07) is 5.64. The largest absolute Gasteiger partial charge is 0.465 e. The first-order chi connectivity index (χ1) is 9.11. The third-order valence-electron chi connectivity index (χ3n) is 2.94. The normalized spacial score (nSPS) is 10.3. The van der Waals surface area contributed by atoms with Gasteiger partial charge in [-0.05, 0) is 19.1 Å². The van der Waals surface area contributed by atoms with Crippen LogP contribution in [0.25, 0.3) is 0 Å². The molecule has 2 aromatic rings. The number of benzene rings is 1. The number of anilines is 1. The Morgan fingerprint density at radius 3 is 2.89 bits per heavy atom. The van der Waals surface area contributed by atoms with Gasteiger partial charge in [0.1, 0.15) is 5.82 Å². The number of carbonyl (C=O) groups excluding carboxylic acids is 1. The van der Waals surface area contributed by atoms with E-state index in [0.29, 0.717) is 12.1 Å². The summed E-state index contributed by atoms with van der Waals surface area (Å²) in [5, 5.41) is 3.21. The van der Waals surface area contributed by atoms with Gasteiger partial charge in [0.05, 0.1) is 19.2 Å². The Hall–Kier alpha value is -2.30. The molecule has 0 aliphatic carbocycles. The molecule has 1 aromatic carbocycles. The van der Waals surface area contributed by atoms with Crippen molar-refractivity contribution in [2.24, 2.45) is 7.05 Å². The van der Waals surface area contributed by atoms with Crippen molar-refractivity contribution in [1.82, 2.24) is 9.55 Å². The Kier molecular flexibility index (Phi) is 3.85. The lowest BCUT2D eigenvalue weighted by atomic mass is 10.1. The molecule has 2 rings (SSSR count). The maximum Gasteiger partial charge on any atom is 0.339 e. The molecule has 5 nitrogen and oxygen atoms in total. The van der Waals surface area contributed by atoms with E-state index in [1.807, 2.05) is 42.9 Å². The van der Waals surface area contributed by atoms with Crippen LogP contribution in [0.4, 0.5) is 5.69 Å². The molecule has 0 saturated carbocycles. The second kappa shape index (κ2) is 5.56. The predicted molar refractivity (Wildman–Crippen MR) is 73.1 cm³/mol. The van der Waals surface area contributed by atoms with Crippen LogP contribution < -0.4 is 5.32 Å². The molecule has 100 valence electrons. The molecular formula is C14H17N3O2. The summed E-state index contributed by atoms with van der Waals surface area (Å²) in [7, 11) is 3.31. The fourth-order valence-electron chi connectivity index (χ4n) is 1.83. The zero-order valence-corrected chi connectivity index (χ0v) is 11.3. The first kappa shape index (κ1) is 13.1. The smallest absolute Gasteiger partial charge is 0.339 e. The molecule has 5 heteroatoms. The summed E-state index contributed by atoms with van der Waals surface area (Å²) in [5.41, 5.74) is 2.31. The third kappa shape index (κ3) is 2.93. The molecule has 0 saturated heterocycles. The van der Waals surface area contributed by atoms with Crippen molar-refractivity contribution < 1.29 is 9.53 Å². The average Bonchev–Trinajstić information content (AvgIpc) is 2.82. The Balaban J connectivity index is 2.20. The molecule has 0 radical (unpaired) electrons. The van der Waals surface area contributed by atoms with Gasteiger partial charge in [-0.2, -0.15) is 0 Å². The summed E-state index contributed by atoms with van der Waals surface area (Å²) in [6.45, 7) is 2.49. The third-order valence-corrected chi connectivity index (χ3v) is 2.94. The van der Waals surface area contributed by atoms with Crippen molar-refractivity contribution in [3.63, 3.8) is 0 Å². The van der Waals surface area contributed by atoms with Crippen LogP contribution in [0.5, 0.6) is 0 Å². The number of nitrogens with zero attached hydrogens (tertiary/aromatic N) is 2. The van der Waals surface area contributed by atoms with E-state index in [9.17, 15) is 4.79 Å². The molecule has 1 heterocycles. The Labute approximate surface area is 112 Å². The molecule has 0 spiro atoms. The number of hydrogen-bond donors (Lipinski definition) is 1. The molecule has 0 bridgehead atoms. The van der Waals surface area contributed by atoms with Crippen LogP contribution in [0.2, 0.25) is 0 Å². The van der Waals surface area contributed by atoms with E-state index < -0.39 is 0 Å². The van der Waals surface area contributed by atoms with Crippen molar-refractivity contribution in [2.45, 2.75) is 13.5 Å². The summed E-state index contributed by atoms with van der Waals surface area (Å²) < 4.78 is 6.72. The lowest BCUT2D eigenvalue weighted by Gasteiger charge is -2.11. The zero-order chi connectivity index (χ0) is 13.8. The van der Waals surface area contributed by atoms with E-state index in [1.54, 1.807) is 6.20 Å². The van der Waals surface area contributed by atoms with Crippen LogP contribution in [-0.2, 0) is 18.3 Å². The van der Waals surface area contributed by atoms with Crippen molar-refractivity contribution in [3.05, 3.63) is 47.5 Å². The quantitative estimate of drug-likeness (QED) is 0.855. The number of rotatable bonds is 4. The van der Waals surface area contributed by atoms with Crippen molar-refractivity contribution in [2.75, 3.05) is 12.4 Å². The minimum atomic E-state index is -0.342. The van der Waals surface area contributed by atoms with Gasteiger partial charge in [-0.3, -0.25) is 0 Å². The van der Waals surface area contributed by atoms with Crippen molar-refractivity contribution >= 4 is 11.7 Å². The lowest BCUT2D eigenvalue weighted by Crippen LogP contribution is -2.10. The highest BCUT2D eigenvalue weighted by molar-refractivity contribution is 5.95. The number of esters is 1. The number of nitrogens with one attached hydrogen (secondary N) is 1. The average molecular weight is 259 g/mol. The monoisotopic (exact) mass is 259 g/mol. The van der Waals surface area contributed by atoms with E-state index in [1.165, 1.54) is 7.11 Å². The molecule has 0 unspecified atom stereocenters. The first-order valence-electron chi connectivity index (χ1n) is 6.01. The van der Waals surface area contributed by atoms with E-state index in [-0.39, 0.29) is 5.97 Å². The van der Waals surface area contributed by atoms with E-state index in [0.717, 1.165) is 17.1 Å². The maximum absolute atomic E-state index is 11.7. The summed E-state index contributed by atoms with van der Waals surface area (Å²) in [5.74, 6) is 0.558. The highest BCUT2D eigenvalue weighted by Gasteiger charge is 2.12. The fraction of sp³-hybridized carbons (Fsp3) is 0.286. The summed E-state index contributed by atoms with van der Waals surface area (Å²) >= 11 is 0. The molecule has 1 N–H and O–H groups in total. The number of imidazole rings is 1. The van der Waals surface area contributed by atoms with Gasteiger partial charge in [0, 0.05) is 25.1 Å². The minimum Gasteiger partial charge on any atom is -0.465 e. The molecule has 1 aromatic heterocycles. The van der Waals surface area contributed by atoms with Gasteiger partial charge in [-0.25, -0.2) is 9.78 Å². The van der Waals surface area contributed by atoms with Gasteiger partial charge in [0.15, 0.2) is 0 Å². The molecule has 0 amide bonds. The fourth-order valence-corrected chi connectivity index (χ4v) is 1.83. The molecule has 19 heavy (non-hydrogen) atoms. The highest BCUT2D eigenvalue weighted by atomic mass is 16.5. The van der Waals surface area contributed by atoms with Crippen LogP contribution in [0, 0.1) is 6.92 Å². The zero-order valence-electron chi connectivity index (χ0n) is 11.3. The van der Waals surface area contributed by atoms with Crippen LogP contribution in [0.3, 0.4) is 0 Å². The van der Waals surface area contributed by atoms with E-state index in [4.69, 9.17) is 4.74 Å². The van der Waals surface area contributed by atoms with Gasteiger partial charge >= 0.3 is 5.97 Å². The summed E-state index contributed by atoms with van der Waals surface area (Å²) in [6.07, 6.45) is 3.63.